The van der Waals surface area contributed by atoms with Crippen molar-refractivity contribution in [2.24, 2.45) is 5.92 Å². The third-order valence-electron chi connectivity index (χ3n) is 4.21. The van der Waals surface area contributed by atoms with E-state index in [1.165, 1.54) is 14.0 Å². The van der Waals surface area contributed by atoms with Crippen molar-refractivity contribution in [2.75, 3.05) is 32.1 Å². The molecule has 1 atom stereocenters. The first-order valence-corrected chi connectivity index (χ1v) is 8.46. The quantitative estimate of drug-likeness (QED) is 0.795. The van der Waals surface area contributed by atoms with E-state index in [2.05, 4.69) is 10.6 Å². The molecule has 0 unspecified atom stereocenters. The molecule has 1 fully saturated rings. The predicted octanol–water partition coefficient (Wildman–Crippen LogP) is 1.78. The summed E-state index contributed by atoms with van der Waals surface area (Å²) in [6, 6.07) is 7.37. The van der Waals surface area contributed by atoms with Crippen LogP contribution in [-0.4, -0.2) is 49.6 Å². The van der Waals surface area contributed by atoms with Gasteiger partial charge in [0.25, 0.3) is 0 Å². The van der Waals surface area contributed by atoms with Gasteiger partial charge in [0.15, 0.2) is 0 Å². The number of methoxy groups -OCH3 is 1. The molecule has 0 spiro atoms. The Morgan fingerprint density at radius 3 is 2.60 bits per heavy atom. The van der Waals surface area contributed by atoms with Gasteiger partial charge in [-0.25, -0.2) is 4.79 Å². The van der Waals surface area contributed by atoms with Crippen LogP contribution in [0, 0.1) is 5.92 Å². The van der Waals surface area contributed by atoms with Crippen LogP contribution >= 0.6 is 0 Å². The third kappa shape index (κ3) is 5.77. The molecule has 1 heterocycles. The SMILES string of the molecule is COC(=O)[C@@H]1CCCN(C(=O)NCCc2ccc(NC(C)=O)cc2)C1. The molecule has 1 aromatic rings. The van der Waals surface area contributed by atoms with Crippen molar-refractivity contribution in [1.82, 2.24) is 10.2 Å². The van der Waals surface area contributed by atoms with Gasteiger partial charge in [0.1, 0.15) is 0 Å². The molecule has 2 N–H and O–H groups in total. The standard InChI is InChI=1S/C18H25N3O4/c1-13(22)20-16-7-5-14(6-8-16)9-10-19-18(24)21-11-3-4-15(12-21)17(23)25-2/h5-8,15H,3-4,9-12H2,1-2H3,(H,19,24)(H,20,22)/t15-/m1/s1. The second kappa shape index (κ2) is 9.05. The normalized spacial score (nSPS) is 16.9. The number of hydrogen-bond donors (Lipinski definition) is 2. The van der Waals surface area contributed by atoms with E-state index in [9.17, 15) is 14.4 Å². The second-order valence-corrected chi connectivity index (χ2v) is 6.17. The molecule has 0 saturated carbocycles. The van der Waals surface area contributed by atoms with Crippen LogP contribution in [0.15, 0.2) is 24.3 Å². The lowest BCUT2D eigenvalue weighted by atomic mass is 9.98. The van der Waals surface area contributed by atoms with E-state index in [1.807, 2.05) is 24.3 Å². The molecule has 25 heavy (non-hydrogen) atoms. The lowest BCUT2D eigenvalue weighted by Gasteiger charge is -2.31. The third-order valence-corrected chi connectivity index (χ3v) is 4.21. The number of nitrogens with one attached hydrogen (secondary N) is 2. The molecular formula is C18H25N3O4. The average Bonchev–Trinajstić information content (AvgIpc) is 2.62. The Morgan fingerprint density at radius 2 is 1.96 bits per heavy atom. The van der Waals surface area contributed by atoms with Crippen molar-refractivity contribution >= 4 is 23.6 Å². The number of carbonyl (C=O) groups excluding carboxylic acids is 3. The first-order chi connectivity index (χ1) is 12.0. The van der Waals surface area contributed by atoms with E-state index in [1.54, 1.807) is 4.90 Å². The van der Waals surface area contributed by atoms with Crippen LogP contribution in [0.25, 0.3) is 0 Å². The van der Waals surface area contributed by atoms with Crippen molar-refractivity contribution in [2.45, 2.75) is 26.2 Å². The molecule has 7 nitrogen and oxygen atoms in total. The van der Waals surface area contributed by atoms with Gasteiger partial charge in [-0.1, -0.05) is 12.1 Å². The van der Waals surface area contributed by atoms with Crippen LogP contribution in [-0.2, 0) is 20.7 Å². The van der Waals surface area contributed by atoms with Crippen molar-refractivity contribution in [3.63, 3.8) is 0 Å². The highest BCUT2D eigenvalue weighted by molar-refractivity contribution is 5.88. The van der Waals surface area contributed by atoms with Crippen LogP contribution in [0.1, 0.15) is 25.3 Å². The van der Waals surface area contributed by atoms with Crippen LogP contribution in [0.5, 0.6) is 0 Å². The largest absolute Gasteiger partial charge is 0.469 e. The maximum absolute atomic E-state index is 12.2. The zero-order chi connectivity index (χ0) is 18.2. The molecule has 0 aromatic heterocycles. The summed E-state index contributed by atoms with van der Waals surface area (Å²) in [6.07, 6.45) is 2.26. The highest BCUT2D eigenvalue weighted by atomic mass is 16.5. The summed E-state index contributed by atoms with van der Waals surface area (Å²) in [5.41, 5.74) is 1.82. The number of esters is 1. The Labute approximate surface area is 147 Å². The number of benzene rings is 1. The molecule has 136 valence electrons. The summed E-state index contributed by atoms with van der Waals surface area (Å²) >= 11 is 0. The van der Waals surface area contributed by atoms with Gasteiger partial charge in [0.2, 0.25) is 5.91 Å². The van der Waals surface area contributed by atoms with E-state index in [-0.39, 0.29) is 23.8 Å². The van der Waals surface area contributed by atoms with Gasteiger partial charge < -0.3 is 20.3 Å². The topological polar surface area (TPSA) is 87.7 Å². The van der Waals surface area contributed by atoms with Crippen molar-refractivity contribution in [3.8, 4) is 0 Å². The van der Waals surface area contributed by atoms with Gasteiger partial charge >= 0.3 is 12.0 Å². The Hall–Kier alpha value is -2.57. The van der Waals surface area contributed by atoms with Gasteiger partial charge in [-0.2, -0.15) is 0 Å². The molecule has 7 heteroatoms. The molecule has 1 aromatic carbocycles. The Kier molecular flexibility index (Phi) is 6.80. The fraction of sp³-hybridized carbons (Fsp3) is 0.500. The number of piperidine rings is 1. The number of amides is 3. The molecule has 1 saturated heterocycles. The molecule has 1 aliphatic heterocycles. The zero-order valence-corrected chi connectivity index (χ0v) is 14.7. The van der Waals surface area contributed by atoms with Gasteiger partial charge in [-0.05, 0) is 37.0 Å². The van der Waals surface area contributed by atoms with Crippen LogP contribution < -0.4 is 10.6 Å². The summed E-state index contributed by atoms with van der Waals surface area (Å²) in [6.45, 7) is 3.04. The molecular weight excluding hydrogens is 322 g/mol. The Balaban J connectivity index is 1.76. The van der Waals surface area contributed by atoms with E-state index in [0.29, 0.717) is 26.1 Å². The lowest BCUT2D eigenvalue weighted by molar-refractivity contribution is -0.146. The molecule has 3 amide bonds. The zero-order valence-electron chi connectivity index (χ0n) is 14.7. The van der Waals surface area contributed by atoms with Crippen molar-refractivity contribution in [3.05, 3.63) is 29.8 Å². The Morgan fingerprint density at radius 1 is 1.24 bits per heavy atom. The van der Waals surface area contributed by atoms with Gasteiger partial charge in [-0.15, -0.1) is 0 Å². The number of rotatable bonds is 5. The number of carbonyl (C=O) groups is 3. The fourth-order valence-corrected chi connectivity index (χ4v) is 2.90. The van der Waals surface area contributed by atoms with Crippen molar-refractivity contribution < 1.29 is 19.1 Å². The number of urea groups is 1. The number of anilines is 1. The first-order valence-electron chi connectivity index (χ1n) is 8.46. The number of likely N-dealkylation sites (tertiary alicyclic amines) is 1. The maximum Gasteiger partial charge on any atom is 0.317 e. The van der Waals surface area contributed by atoms with E-state index < -0.39 is 0 Å². The van der Waals surface area contributed by atoms with Crippen molar-refractivity contribution in [1.29, 1.82) is 0 Å². The summed E-state index contributed by atoms with van der Waals surface area (Å²) < 4.78 is 4.77. The maximum atomic E-state index is 12.2. The van der Waals surface area contributed by atoms with Crippen LogP contribution in [0.3, 0.4) is 0 Å². The van der Waals surface area contributed by atoms with E-state index >= 15 is 0 Å². The summed E-state index contributed by atoms with van der Waals surface area (Å²) in [4.78, 5) is 36.5. The lowest BCUT2D eigenvalue weighted by Crippen LogP contribution is -2.47. The highest BCUT2D eigenvalue weighted by Gasteiger charge is 2.28. The number of nitrogens with zero attached hydrogens (tertiary/aromatic N) is 1. The van der Waals surface area contributed by atoms with Gasteiger partial charge in [0.05, 0.1) is 13.0 Å². The predicted molar refractivity (Wildman–Crippen MR) is 94.2 cm³/mol. The highest BCUT2D eigenvalue weighted by Crippen LogP contribution is 2.17. The smallest absolute Gasteiger partial charge is 0.317 e. The minimum Gasteiger partial charge on any atom is -0.469 e. The molecule has 0 aliphatic carbocycles. The number of ether oxygens (including phenoxy) is 1. The fourth-order valence-electron chi connectivity index (χ4n) is 2.90. The summed E-state index contributed by atoms with van der Waals surface area (Å²) in [5, 5.41) is 5.60. The Bertz CT molecular complexity index is 615. The van der Waals surface area contributed by atoms with E-state index in [0.717, 1.165) is 24.1 Å². The summed E-state index contributed by atoms with van der Waals surface area (Å²) in [7, 11) is 1.37. The molecule has 2 rings (SSSR count). The molecule has 0 radical (unpaired) electrons. The molecule has 0 bridgehead atoms. The minimum atomic E-state index is -0.253. The number of hydrogen-bond acceptors (Lipinski definition) is 4. The first kappa shape index (κ1) is 18.8. The second-order valence-electron chi connectivity index (χ2n) is 6.17. The molecule has 1 aliphatic rings. The average molecular weight is 347 g/mol. The van der Waals surface area contributed by atoms with Crippen LogP contribution in [0.2, 0.25) is 0 Å². The van der Waals surface area contributed by atoms with Gasteiger partial charge in [0, 0.05) is 32.2 Å². The minimum absolute atomic E-state index is 0.105. The monoisotopic (exact) mass is 347 g/mol. The van der Waals surface area contributed by atoms with Crippen LogP contribution in [0.4, 0.5) is 10.5 Å². The van der Waals surface area contributed by atoms with Gasteiger partial charge in [-0.3, -0.25) is 9.59 Å². The summed E-state index contributed by atoms with van der Waals surface area (Å²) in [5.74, 6) is -0.589. The van der Waals surface area contributed by atoms with E-state index in [4.69, 9.17) is 4.74 Å².